The molecule has 5 aromatic carbocycles. The first-order valence-electron chi connectivity index (χ1n) is 12.8. The molecule has 204 valence electrons. The Bertz CT molecular complexity index is 1290. The first-order valence-corrected chi connectivity index (χ1v) is 12.8. The summed E-state index contributed by atoms with van der Waals surface area (Å²) in [5.41, 5.74) is 6.87. The molecule has 0 unspecified atom stereocenters. The second-order valence-corrected chi connectivity index (χ2v) is 8.86. The van der Waals surface area contributed by atoms with Crippen LogP contribution in [0.1, 0.15) is 0 Å². The molecule has 0 aliphatic carbocycles. The fraction of sp³-hybridized carbons (Fsp3) is 0.143. The van der Waals surface area contributed by atoms with Crippen LogP contribution in [0.25, 0.3) is 33.4 Å². The lowest BCUT2D eigenvalue weighted by Crippen LogP contribution is -1.88. The summed E-state index contributed by atoms with van der Waals surface area (Å²) in [4.78, 5) is 0. The van der Waals surface area contributed by atoms with Crippen LogP contribution in [0.15, 0.2) is 115 Å². The maximum atomic E-state index is 5.31. The molecule has 0 heterocycles. The summed E-state index contributed by atoms with van der Waals surface area (Å²) in [6.07, 6.45) is 0. The van der Waals surface area contributed by atoms with Crippen molar-refractivity contribution < 1.29 is 23.7 Å². The molecule has 0 aliphatic heterocycles. The molecule has 5 heteroatoms. The lowest BCUT2D eigenvalue weighted by molar-refractivity contribution is 0.403. The number of hydrogen-bond donors (Lipinski definition) is 0. The third-order valence-electron chi connectivity index (χ3n) is 6.50. The maximum absolute atomic E-state index is 5.31. The molecule has 0 aromatic heterocycles. The van der Waals surface area contributed by atoms with Crippen LogP contribution in [-0.2, 0) is 0 Å². The standard InChI is InChI=1S/C27H24O3.C8H10O2/c1-28-25-10-4-19(5-11-25)22-16-23(20-6-12-26(29-2)13-7-20)18-24(17-22)21-8-14-27(30-3)15-9-21;1-9-7-3-5-8(10-2)6-4-7/h4-18H,1-3H3;3-6H,1-2H3. The topological polar surface area (TPSA) is 46.2 Å². The summed E-state index contributed by atoms with van der Waals surface area (Å²) in [7, 11) is 8.33. The SMILES string of the molecule is COc1ccc(-c2cc(-c3ccc(OC)cc3)cc(-c3ccc(OC)cc3)c2)cc1.COc1ccc(OC)cc1. The van der Waals surface area contributed by atoms with Crippen LogP contribution in [0.2, 0.25) is 0 Å². The highest BCUT2D eigenvalue weighted by Crippen LogP contribution is 2.34. The predicted molar refractivity (Wildman–Crippen MR) is 162 cm³/mol. The van der Waals surface area contributed by atoms with Crippen LogP contribution in [0.4, 0.5) is 0 Å². The third kappa shape index (κ3) is 7.14. The Labute approximate surface area is 236 Å². The predicted octanol–water partition coefficient (Wildman–Crippen LogP) is 8.42. The molecule has 0 N–H and O–H groups in total. The van der Waals surface area contributed by atoms with Crippen molar-refractivity contribution in [2.24, 2.45) is 0 Å². The lowest BCUT2D eigenvalue weighted by atomic mass is 9.93. The smallest absolute Gasteiger partial charge is 0.119 e. The van der Waals surface area contributed by atoms with E-state index >= 15 is 0 Å². The zero-order valence-electron chi connectivity index (χ0n) is 23.5. The van der Waals surface area contributed by atoms with E-state index in [9.17, 15) is 0 Å². The van der Waals surface area contributed by atoms with E-state index in [1.807, 2.05) is 60.7 Å². The highest BCUT2D eigenvalue weighted by atomic mass is 16.5. The van der Waals surface area contributed by atoms with Gasteiger partial charge in [-0.2, -0.15) is 0 Å². The highest BCUT2D eigenvalue weighted by molar-refractivity contribution is 5.81. The van der Waals surface area contributed by atoms with Gasteiger partial charge in [-0.05, 0) is 112 Å². The molecule has 0 fully saturated rings. The van der Waals surface area contributed by atoms with Crippen molar-refractivity contribution in [1.82, 2.24) is 0 Å². The van der Waals surface area contributed by atoms with E-state index < -0.39 is 0 Å². The van der Waals surface area contributed by atoms with Gasteiger partial charge in [0.1, 0.15) is 28.7 Å². The van der Waals surface area contributed by atoms with Crippen molar-refractivity contribution in [3.8, 4) is 62.1 Å². The lowest BCUT2D eigenvalue weighted by Gasteiger charge is -2.12. The number of ether oxygens (including phenoxy) is 5. The van der Waals surface area contributed by atoms with Crippen LogP contribution in [-0.4, -0.2) is 35.5 Å². The van der Waals surface area contributed by atoms with Crippen molar-refractivity contribution in [3.05, 3.63) is 115 Å². The fourth-order valence-electron chi connectivity index (χ4n) is 4.19. The Balaban J connectivity index is 0.000000312. The number of rotatable bonds is 8. The molecule has 0 radical (unpaired) electrons. The van der Waals surface area contributed by atoms with E-state index in [0.717, 1.165) is 62.1 Å². The first-order chi connectivity index (χ1) is 19.6. The fourth-order valence-corrected chi connectivity index (χ4v) is 4.19. The minimum Gasteiger partial charge on any atom is -0.497 e. The molecule has 0 saturated carbocycles. The first kappa shape index (κ1) is 28.1. The van der Waals surface area contributed by atoms with E-state index in [0.29, 0.717) is 0 Å². The van der Waals surface area contributed by atoms with Gasteiger partial charge >= 0.3 is 0 Å². The van der Waals surface area contributed by atoms with E-state index in [-0.39, 0.29) is 0 Å². The van der Waals surface area contributed by atoms with Gasteiger partial charge in [-0.25, -0.2) is 0 Å². The Hall–Kier alpha value is -4.90. The van der Waals surface area contributed by atoms with Crippen LogP contribution in [0.5, 0.6) is 28.7 Å². The van der Waals surface area contributed by atoms with Crippen molar-refractivity contribution in [2.75, 3.05) is 35.5 Å². The normalized spacial score (nSPS) is 10.1. The van der Waals surface area contributed by atoms with Gasteiger partial charge in [0.25, 0.3) is 0 Å². The Morgan fingerprint density at radius 1 is 0.250 bits per heavy atom. The van der Waals surface area contributed by atoms with Crippen molar-refractivity contribution >= 4 is 0 Å². The van der Waals surface area contributed by atoms with Crippen LogP contribution in [0, 0.1) is 0 Å². The molecule has 0 aliphatic rings. The average molecular weight is 535 g/mol. The monoisotopic (exact) mass is 534 g/mol. The molecule has 0 amide bonds. The van der Waals surface area contributed by atoms with Gasteiger partial charge in [-0.1, -0.05) is 36.4 Å². The minimum atomic E-state index is 0.848. The number of benzene rings is 5. The van der Waals surface area contributed by atoms with Crippen molar-refractivity contribution in [1.29, 1.82) is 0 Å². The zero-order chi connectivity index (χ0) is 28.3. The van der Waals surface area contributed by atoms with E-state index in [1.165, 1.54) is 0 Å². The second kappa shape index (κ2) is 13.8. The summed E-state index contributed by atoms with van der Waals surface area (Å²) in [6, 6.07) is 38.6. The van der Waals surface area contributed by atoms with E-state index in [4.69, 9.17) is 23.7 Å². The van der Waals surface area contributed by atoms with Crippen molar-refractivity contribution in [2.45, 2.75) is 0 Å². The average Bonchev–Trinajstić information content (AvgIpc) is 3.05. The third-order valence-corrected chi connectivity index (χ3v) is 6.50. The molecule has 5 rings (SSSR count). The summed E-state index contributed by atoms with van der Waals surface area (Å²) in [6.45, 7) is 0. The summed E-state index contributed by atoms with van der Waals surface area (Å²) in [5, 5.41) is 0. The molecule has 5 aromatic rings. The van der Waals surface area contributed by atoms with Crippen LogP contribution in [0.3, 0.4) is 0 Å². The highest BCUT2D eigenvalue weighted by Gasteiger charge is 2.08. The molecule has 5 nitrogen and oxygen atoms in total. The quantitative estimate of drug-likeness (QED) is 0.200. The van der Waals surface area contributed by atoms with Gasteiger partial charge in [-0.15, -0.1) is 0 Å². The van der Waals surface area contributed by atoms with Crippen molar-refractivity contribution in [3.63, 3.8) is 0 Å². The van der Waals surface area contributed by atoms with E-state index in [1.54, 1.807) is 35.5 Å². The van der Waals surface area contributed by atoms with Gasteiger partial charge in [0.05, 0.1) is 35.5 Å². The van der Waals surface area contributed by atoms with Gasteiger partial charge < -0.3 is 23.7 Å². The van der Waals surface area contributed by atoms with Gasteiger partial charge in [0, 0.05) is 0 Å². The zero-order valence-corrected chi connectivity index (χ0v) is 23.5. The van der Waals surface area contributed by atoms with Crippen LogP contribution >= 0.6 is 0 Å². The Kier molecular flexibility index (Phi) is 9.67. The molecule has 40 heavy (non-hydrogen) atoms. The van der Waals surface area contributed by atoms with Gasteiger partial charge in [0.2, 0.25) is 0 Å². The van der Waals surface area contributed by atoms with Gasteiger partial charge in [-0.3, -0.25) is 0 Å². The van der Waals surface area contributed by atoms with Gasteiger partial charge in [0.15, 0.2) is 0 Å². The number of methoxy groups -OCH3 is 5. The minimum absolute atomic E-state index is 0.848. The largest absolute Gasteiger partial charge is 0.497 e. The molecular weight excluding hydrogens is 500 g/mol. The summed E-state index contributed by atoms with van der Waals surface area (Å²) in [5.74, 6) is 4.24. The van der Waals surface area contributed by atoms with Crippen LogP contribution < -0.4 is 23.7 Å². The molecule has 0 bridgehead atoms. The molecule has 0 saturated heterocycles. The molecular formula is C35H34O5. The maximum Gasteiger partial charge on any atom is 0.119 e. The summed E-state index contributed by atoms with van der Waals surface area (Å²) >= 11 is 0. The second-order valence-electron chi connectivity index (χ2n) is 8.86. The number of hydrogen-bond acceptors (Lipinski definition) is 5. The summed E-state index contributed by atoms with van der Waals surface area (Å²) < 4.78 is 25.8. The molecule has 0 atom stereocenters. The molecule has 0 spiro atoms. The van der Waals surface area contributed by atoms with E-state index in [2.05, 4.69) is 54.6 Å². The Morgan fingerprint density at radius 2 is 0.425 bits per heavy atom. The Morgan fingerprint density at radius 3 is 0.600 bits per heavy atom.